The Morgan fingerprint density at radius 2 is 2.15 bits per heavy atom. The lowest BCUT2D eigenvalue weighted by Gasteiger charge is -2.17. The van der Waals surface area contributed by atoms with Crippen LogP contribution < -0.4 is 4.90 Å². The number of hydrogen-bond acceptors (Lipinski definition) is 7. The first-order chi connectivity index (χ1) is 12.6. The van der Waals surface area contributed by atoms with Gasteiger partial charge in [-0.05, 0) is 12.1 Å². The van der Waals surface area contributed by atoms with Gasteiger partial charge in [-0.2, -0.15) is 0 Å². The summed E-state index contributed by atoms with van der Waals surface area (Å²) in [4.78, 5) is 18.8. The number of hydrogen-bond donors (Lipinski definition) is 0. The van der Waals surface area contributed by atoms with Crippen LogP contribution in [0, 0.1) is 0 Å². The maximum absolute atomic E-state index is 12.6. The Bertz CT molecular complexity index is 914. The molecule has 2 aromatic heterocycles. The van der Waals surface area contributed by atoms with E-state index in [1.54, 1.807) is 28.6 Å². The van der Waals surface area contributed by atoms with Crippen LogP contribution in [0.5, 0.6) is 0 Å². The fourth-order valence-corrected chi connectivity index (χ4v) is 4.54. The van der Waals surface area contributed by atoms with Crippen molar-refractivity contribution in [1.29, 1.82) is 0 Å². The molecule has 0 spiro atoms. The first-order valence-electron chi connectivity index (χ1n) is 7.29. The Morgan fingerprint density at radius 3 is 2.85 bits per heavy atom. The summed E-state index contributed by atoms with van der Waals surface area (Å²) in [5, 5.41) is 11.1. The molecule has 0 fully saturated rings. The molecule has 3 rings (SSSR count). The van der Waals surface area contributed by atoms with E-state index in [2.05, 4.69) is 21.8 Å². The van der Waals surface area contributed by atoms with Crippen LogP contribution >= 0.6 is 57.6 Å². The fourth-order valence-electron chi connectivity index (χ4n) is 2.02. The second kappa shape index (κ2) is 8.96. The minimum Gasteiger partial charge on any atom is -0.284 e. The maximum atomic E-state index is 12.6. The van der Waals surface area contributed by atoms with E-state index in [4.69, 9.17) is 23.2 Å². The number of aromatic nitrogens is 3. The first kappa shape index (κ1) is 19.3. The molecule has 0 saturated heterocycles. The van der Waals surface area contributed by atoms with E-state index in [0.29, 0.717) is 21.7 Å². The van der Waals surface area contributed by atoms with Crippen LogP contribution in [0.25, 0.3) is 11.3 Å². The van der Waals surface area contributed by atoms with Crippen molar-refractivity contribution in [3.05, 3.63) is 51.8 Å². The molecule has 0 bridgehead atoms. The molecule has 0 saturated carbocycles. The summed E-state index contributed by atoms with van der Waals surface area (Å²) < 4.78 is 0.757. The highest BCUT2D eigenvalue weighted by atomic mass is 35.5. The molecule has 0 atom stereocenters. The summed E-state index contributed by atoms with van der Waals surface area (Å²) in [6.45, 7) is 4.11. The van der Waals surface area contributed by atoms with E-state index in [1.165, 1.54) is 34.4 Å². The summed E-state index contributed by atoms with van der Waals surface area (Å²) in [5.41, 5.74) is 3.22. The topological polar surface area (TPSA) is 59.0 Å². The number of benzene rings is 1. The van der Waals surface area contributed by atoms with Gasteiger partial charge in [0.05, 0.1) is 21.5 Å². The molecule has 134 valence electrons. The predicted octanol–water partition coefficient (Wildman–Crippen LogP) is 5.28. The molecule has 2 heterocycles. The molecule has 26 heavy (non-hydrogen) atoms. The number of halogens is 2. The van der Waals surface area contributed by atoms with E-state index >= 15 is 0 Å². The van der Waals surface area contributed by atoms with Crippen molar-refractivity contribution in [3.63, 3.8) is 0 Å². The molecule has 0 aliphatic carbocycles. The lowest BCUT2D eigenvalue weighted by Crippen LogP contribution is -2.32. The van der Waals surface area contributed by atoms with Gasteiger partial charge in [-0.15, -0.1) is 28.1 Å². The number of amides is 1. The quantitative estimate of drug-likeness (QED) is 0.367. The normalized spacial score (nSPS) is 10.7. The Labute approximate surface area is 172 Å². The summed E-state index contributed by atoms with van der Waals surface area (Å²) in [7, 11) is 0. The predicted molar refractivity (Wildman–Crippen MR) is 111 cm³/mol. The van der Waals surface area contributed by atoms with E-state index in [0.717, 1.165) is 15.6 Å². The van der Waals surface area contributed by atoms with Crippen LogP contribution in [-0.2, 0) is 4.79 Å². The van der Waals surface area contributed by atoms with Crippen LogP contribution in [0.2, 0.25) is 10.0 Å². The first-order valence-corrected chi connectivity index (χ1v) is 10.8. The second-order valence-corrected chi connectivity index (χ2v) is 8.64. The highest BCUT2D eigenvalue weighted by Gasteiger charge is 2.19. The van der Waals surface area contributed by atoms with Crippen LogP contribution in [0.15, 0.2) is 46.1 Å². The molecule has 3 aromatic rings. The zero-order valence-corrected chi connectivity index (χ0v) is 17.2. The minimum atomic E-state index is -0.0693. The van der Waals surface area contributed by atoms with Gasteiger partial charge in [0.1, 0.15) is 5.51 Å². The number of carbonyl (C=O) groups excluding carboxylic acids is 1. The Morgan fingerprint density at radius 1 is 1.31 bits per heavy atom. The second-order valence-electron chi connectivity index (χ2n) is 4.93. The summed E-state index contributed by atoms with van der Waals surface area (Å²) >= 11 is 16.2. The fraction of sp³-hybridized carbons (Fsp3) is 0.125. The number of nitrogens with zero attached hydrogens (tertiary/aromatic N) is 4. The van der Waals surface area contributed by atoms with Gasteiger partial charge in [-0.1, -0.05) is 58.4 Å². The Balaban J connectivity index is 1.77. The summed E-state index contributed by atoms with van der Waals surface area (Å²) in [6.07, 6.45) is 1.67. The molecular formula is C16H12Cl2N4OS3. The van der Waals surface area contributed by atoms with E-state index in [-0.39, 0.29) is 11.7 Å². The van der Waals surface area contributed by atoms with Gasteiger partial charge in [0.15, 0.2) is 9.47 Å². The molecule has 1 aromatic carbocycles. The van der Waals surface area contributed by atoms with Crippen molar-refractivity contribution < 1.29 is 4.79 Å². The van der Waals surface area contributed by atoms with Gasteiger partial charge in [-0.25, -0.2) is 4.98 Å². The highest BCUT2D eigenvalue weighted by Crippen LogP contribution is 2.32. The van der Waals surface area contributed by atoms with Crippen molar-refractivity contribution >= 4 is 68.7 Å². The van der Waals surface area contributed by atoms with Crippen LogP contribution in [0.3, 0.4) is 0 Å². The average Bonchev–Trinajstić information content (AvgIpc) is 3.32. The monoisotopic (exact) mass is 442 g/mol. The average molecular weight is 443 g/mol. The van der Waals surface area contributed by atoms with Gasteiger partial charge in [0.2, 0.25) is 5.91 Å². The number of anilines is 1. The van der Waals surface area contributed by atoms with Gasteiger partial charge in [-0.3, -0.25) is 9.69 Å². The van der Waals surface area contributed by atoms with Gasteiger partial charge in [0.25, 0.3) is 0 Å². The lowest BCUT2D eigenvalue weighted by molar-refractivity contribution is -0.116. The van der Waals surface area contributed by atoms with Crippen molar-refractivity contribution in [2.24, 2.45) is 0 Å². The van der Waals surface area contributed by atoms with Gasteiger partial charge < -0.3 is 0 Å². The largest absolute Gasteiger partial charge is 0.284 e. The van der Waals surface area contributed by atoms with E-state index in [1.807, 2.05) is 11.4 Å². The van der Waals surface area contributed by atoms with Crippen LogP contribution in [0.1, 0.15) is 0 Å². The summed E-state index contributed by atoms with van der Waals surface area (Å²) in [5.74, 6) is 0.185. The Hall–Kier alpha value is -1.45. The van der Waals surface area contributed by atoms with Crippen molar-refractivity contribution in [2.45, 2.75) is 4.34 Å². The molecule has 0 aliphatic heterocycles. The SMILES string of the molecule is C=CCN(C(=O)CSc1nncs1)c1nc(-c2ccc(Cl)c(Cl)c2)cs1. The molecule has 0 unspecified atom stereocenters. The molecular weight excluding hydrogens is 431 g/mol. The zero-order valence-electron chi connectivity index (χ0n) is 13.3. The third-order valence-electron chi connectivity index (χ3n) is 3.21. The number of carbonyl (C=O) groups is 1. The third-order valence-corrected chi connectivity index (χ3v) is 6.66. The minimum absolute atomic E-state index is 0.0693. The lowest BCUT2D eigenvalue weighted by atomic mass is 10.2. The molecule has 0 radical (unpaired) electrons. The van der Waals surface area contributed by atoms with E-state index in [9.17, 15) is 4.79 Å². The number of thioether (sulfide) groups is 1. The zero-order chi connectivity index (χ0) is 18.5. The van der Waals surface area contributed by atoms with Crippen molar-refractivity contribution in [3.8, 4) is 11.3 Å². The molecule has 0 aliphatic rings. The smallest absolute Gasteiger partial charge is 0.239 e. The van der Waals surface area contributed by atoms with E-state index < -0.39 is 0 Å². The highest BCUT2D eigenvalue weighted by molar-refractivity contribution is 8.01. The number of rotatable bonds is 7. The molecule has 0 N–H and O–H groups in total. The van der Waals surface area contributed by atoms with Crippen molar-refractivity contribution in [1.82, 2.24) is 15.2 Å². The third kappa shape index (κ3) is 4.63. The van der Waals surface area contributed by atoms with Gasteiger partial charge in [0, 0.05) is 17.5 Å². The maximum Gasteiger partial charge on any atom is 0.239 e. The van der Waals surface area contributed by atoms with Crippen LogP contribution in [0.4, 0.5) is 5.13 Å². The van der Waals surface area contributed by atoms with Crippen molar-refractivity contribution in [2.75, 3.05) is 17.2 Å². The molecule has 5 nitrogen and oxygen atoms in total. The van der Waals surface area contributed by atoms with Crippen LogP contribution in [-0.4, -0.2) is 33.4 Å². The Kier molecular flexibility index (Phi) is 6.66. The van der Waals surface area contributed by atoms with Gasteiger partial charge >= 0.3 is 0 Å². The molecule has 10 heteroatoms. The standard InChI is InChI=1S/C16H12Cl2N4OS3/c1-2-5-22(14(23)8-25-16-21-19-9-26-16)15-20-13(7-24-15)10-3-4-11(17)12(18)6-10/h2-4,6-7,9H,1,5,8H2. The molecule has 1 amide bonds. The number of thiazole rings is 1. The summed E-state index contributed by atoms with van der Waals surface area (Å²) in [6, 6.07) is 5.33.